The van der Waals surface area contributed by atoms with Crippen LogP contribution in [-0.4, -0.2) is 16.9 Å². The maximum atomic E-state index is 13.5. The largest absolute Gasteiger partial charge is 0.419 e. The van der Waals surface area contributed by atoms with Crippen LogP contribution in [0, 0.1) is 5.82 Å². The molecule has 1 aromatic heterocycles. The van der Waals surface area contributed by atoms with Gasteiger partial charge in [0.25, 0.3) is 5.91 Å². The van der Waals surface area contributed by atoms with E-state index < -0.39 is 23.6 Å². The zero-order chi connectivity index (χ0) is 26.9. The quantitative estimate of drug-likeness (QED) is 0.144. The highest BCUT2D eigenvalue weighted by molar-refractivity contribution is 6.35. The molecule has 11 heteroatoms. The lowest BCUT2D eigenvalue weighted by Crippen LogP contribution is -2.20. The van der Waals surface area contributed by atoms with Gasteiger partial charge in [0.05, 0.1) is 16.8 Å². The Labute approximate surface area is 213 Å². The van der Waals surface area contributed by atoms with E-state index in [0.717, 1.165) is 17.3 Å². The normalized spacial score (nSPS) is 13.7. The first kappa shape index (κ1) is 24.6. The SMILES string of the molecule is O=C(Nc1cccc(Nc2ccc3c(c2)NC(=O)/C3=C\c2ccc[nH]2)c1)Nc1ccc(F)c(C(F)(F)F)c1. The van der Waals surface area contributed by atoms with Gasteiger partial charge in [0.2, 0.25) is 0 Å². The zero-order valence-corrected chi connectivity index (χ0v) is 19.4. The van der Waals surface area contributed by atoms with Crippen molar-refractivity contribution < 1.29 is 27.2 Å². The fourth-order valence-corrected chi connectivity index (χ4v) is 3.96. The van der Waals surface area contributed by atoms with Crippen molar-refractivity contribution in [2.24, 2.45) is 0 Å². The van der Waals surface area contributed by atoms with Crippen molar-refractivity contribution >= 4 is 52.0 Å². The minimum Gasteiger partial charge on any atom is -0.362 e. The van der Waals surface area contributed by atoms with Crippen molar-refractivity contribution in [2.75, 3.05) is 21.3 Å². The smallest absolute Gasteiger partial charge is 0.362 e. The Hall–Kier alpha value is -5.06. The number of rotatable bonds is 5. The predicted octanol–water partition coefficient (Wildman–Crippen LogP) is 7.05. The summed E-state index contributed by atoms with van der Waals surface area (Å²) in [6.07, 6.45) is -1.35. The molecule has 0 unspecified atom stereocenters. The Balaban J connectivity index is 1.27. The van der Waals surface area contributed by atoms with E-state index in [9.17, 15) is 27.2 Å². The highest BCUT2D eigenvalue weighted by Gasteiger charge is 2.34. The van der Waals surface area contributed by atoms with E-state index in [-0.39, 0.29) is 11.6 Å². The van der Waals surface area contributed by atoms with E-state index in [1.807, 2.05) is 18.2 Å². The van der Waals surface area contributed by atoms with Crippen molar-refractivity contribution in [1.29, 1.82) is 0 Å². The van der Waals surface area contributed by atoms with Crippen LogP contribution in [0.1, 0.15) is 16.8 Å². The van der Waals surface area contributed by atoms with E-state index >= 15 is 0 Å². The first-order valence-corrected chi connectivity index (χ1v) is 11.3. The number of nitrogens with one attached hydrogen (secondary N) is 5. The van der Waals surface area contributed by atoms with Crippen molar-refractivity contribution in [1.82, 2.24) is 4.98 Å². The van der Waals surface area contributed by atoms with Gasteiger partial charge in [-0.1, -0.05) is 12.1 Å². The number of aromatic amines is 1. The maximum Gasteiger partial charge on any atom is 0.419 e. The first-order valence-electron chi connectivity index (χ1n) is 11.3. The molecular weight excluding hydrogens is 502 g/mol. The number of halogens is 4. The van der Waals surface area contributed by atoms with E-state index in [1.54, 1.807) is 48.7 Å². The molecular formula is C27H19F4N5O2. The number of hydrogen-bond acceptors (Lipinski definition) is 3. The minimum atomic E-state index is -4.89. The Bertz CT molecular complexity index is 1560. The molecule has 0 bridgehead atoms. The average Bonchev–Trinajstić information content (AvgIpc) is 3.47. The van der Waals surface area contributed by atoms with Crippen LogP contribution in [-0.2, 0) is 11.0 Å². The van der Waals surface area contributed by atoms with Crippen LogP contribution in [0.2, 0.25) is 0 Å². The van der Waals surface area contributed by atoms with Gasteiger partial charge in [0.1, 0.15) is 5.82 Å². The summed E-state index contributed by atoms with van der Waals surface area (Å²) in [5.41, 5.74) is 2.70. The van der Waals surface area contributed by atoms with Gasteiger partial charge in [-0.25, -0.2) is 9.18 Å². The number of benzene rings is 3. The monoisotopic (exact) mass is 521 g/mol. The van der Waals surface area contributed by atoms with Crippen molar-refractivity contribution in [2.45, 2.75) is 6.18 Å². The highest BCUT2D eigenvalue weighted by Crippen LogP contribution is 2.36. The Morgan fingerprint density at radius 1 is 0.842 bits per heavy atom. The molecule has 2 heterocycles. The van der Waals surface area contributed by atoms with Crippen molar-refractivity contribution in [3.05, 3.63) is 102 Å². The van der Waals surface area contributed by atoms with Crippen LogP contribution >= 0.6 is 0 Å². The maximum absolute atomic E-state index is 13.5. The molecule has 0 saturated heterocycles. The molecule has 0 atom stereocenters. The summed E-state index contributed by atoms with van der Waals surface area (Å²) in [7, 11) is 0. The van der Waals surface area contributed by atoms with Gasteiger partial charge in [-0.3, -0.25) is 4.79 Å². The van der Waals surface area contributed by atoms with E-state index in [2.05, 4.69) is 26.3 Å². The number of amides is 3. The van der Waals surface area contributed by atoms with Gasteiger partial charge in [-0.05, 0) is 66.7 Å². The summed E-state index contributed by atoms with van der Waals surface area (Å²) >= 11 is 0. The number of urea groups is 1. The average molecular weight is 521 g/mol. The molecule has 0 saturated carbocycles. The number of carbonyl (C=O) groups excluding carboxylic acids is 2. The van der Waals surface area contributed by atoms with Crippen LogP contribution in [0.15, 0.2) is 79.0 Å². The molecule has 1 aliphatic heterocycles. The number of carbonyl (C=O) groups is 2. The third kappa shape index (κ3) is 5.36. The zero-order valence-electron chi connectivity index (χ0n) is 19.4. The molecule has 0 spiro atoms. The molecule has 38 heavy (non-hydrogen) atoms. The second-order valence-electron chi connectivity index (χ2n) is 8.38. The number of alkyl halides is 3. The number of aromatic nitrogens is 1. The van der Waals surface area contributed by atoms with Gasteiger partial charge in [0.15, 0.2) is 0 Å². The Morgan fingerprint density at radius 3 is 2.29 bits per heavy atom. The van der Waals surface area contributed by atoms with Gasteiger partial charge < -0.3 is 26.3 Å². The fraction of sp³-hybridized carbons (Fsp3) is 0.0370. The Kier molecular flexibility index (Phi) is 6.33. The summed E-state index contributed by atoms with van der Waals surface area (Å²) in [6, 6.07) is 17.1. The molecule has 1 aliphatic rings. The fourth-order valence-electron chi connectivity index (χ4n) is 3.96. The summed E-state index contributed by atoms with van der Waals surface area (Å²) in [5.74, 6) is -1.64. The molecule has 5 N–H and O–H groups in total. The summed E-state index contributed by atoms with van der Waals surface area (Å²) < 4.78 is 52.3. The molecule has 0 aliphatic carbocycles. The Morgan fingerprint density at radius 2 is 1.55 bits per heavy atom. The number of H-pyrrole nitrogens is 1. The third-order valence-corrected chi connectivity index (χ3v) is 5.66. The lowest BCUT2D eigenvalue weighted by Gasteiger charge is -2.13. The minimum absolute atomic E-state index is 0.213. The number of hydrogen-bond donors (Lipinski definition) is 5. The summed E-state index contributed by atoms with van der Waals surface area (Å²) in [4.78, 5) is 27.8. The molecule has 7 nitrogen and oxygen atoms in total. The second kappa shape index (κ2) is 9.77. The van der Waals surface area contributed by atoms with E-state index in [4.69, 9.17) is 0 Å². The summed E-state index contributed by atoms with van der Waals surface area (Å²) in [6.45, 7) is 0. The topological polar surface area (TPSA) is 98.1 Å². The van der Waals surface area contributed by atoms with Gasteiger partial charge in [0, 0.05) is 40.2 Å². The molecule has 0 radical (unpaired) electrons. The van der Waals surface area contributed by atoms with E-state index in [1.165, 1.54) is 0 Å². The second-order valence-corrected chi connectivity index (χ2v) is 8.38. The van der Waals surface area contributed by atoms with Gasteiger partial charge in [-0.15, -0.1) is 0 Å². The molecule has 4 aromatic rings. The van der Waals surface area contributed by atoms with Crippen LogP contribution in [0.5, 0.6) is 0 Å². The van der Waals surface area contributed by atoms with Crippen LogP contribution in [0.3, 0.4) is 0 Å². The van der Waals surface area contributed by atoms with Gasteiger partial charge in [-0.2, -0.15) is 13.2 Å². The standard InChI is InChI=1S/C27H19F4N5O2/c28-23-9-7-18(13-22(23)27(29,30)31)35-26(38)34-17-4-1-3-16(11-17)33-19-6-8-20-21(12-15-5-2-10-32-15)25(37)36-24(20)14-19/h1-14,32-33H,(H,36,37)(H2,34,35,38)/b21-12-. The molecule has 5 rings (SSSR count). The van der Waals surface area contributed by atoms with Crippen molar-refractivity contribution in [3.8, 4) is 0 Å². The molecule has 3 amide bonds. The molecule has 192 valence electrons. The molecule has 0 fully saturated rings. The lowest BCUT2D eigenvalue weighted by molar-refractivity contribution is -0.139. The summed E-state index contributed by atoms with van der Waals surface area (Å²) in [5, 5.41) is 10.8. The number of fused-ring (bicyclic) bond motifs is 1. The first-order chi connectivity index (χ1) is 18.2. The van der Waals surface area contributed by atoms with Crippen LogP contribution < -0.4 is 21.3 Å². The third-order valence-electron chi connectivity index (χ3n) is 5.66. The van der Waals surface area contributed by atoms with Crippen LogP contribution in [0.4, 0.5) is 50.8 Å². The molecule has 3 aromatic carbocycles. The van der Waals surface area contributed by atoms with E-state index in [0.29, 0.717) is 40.5 Å². The van der Waals surface area contributed by atoms with Gasteiger partial charge >= 0.3 is 12.2 Å². The highest BCUT2D eigenvalue weighted by atomic mass is 19.4. The lowest BCUT2D eigenvalue weighted by atomic mass is 10.1. The van der Waals surface area contributed by atoms with Crippen molar-refractivity contribution in [3.63, 3.8) is 0 Å². The number of anilines is 5. The predicted molar refractivity (Wildman–Crippen MR) is 138 cm³/mol. The van der Waals surface area contributed by atoms with Crippen LogP contribution in [0.25, 0.3) is 11.6 Å².